The van der Waals surface area contributed by atoms with Crippen molar-refractivity contribution in [3.8, 4) is 5.75 Å². The van der Waals surface area contributed by atoms with Crippen molar-refractivity contribution in [1.82, 2.24) is 10.6 Å². The fourth-order valence-corrected chi connectivity index (χ4v) is 3.05. The van der Waals surface area contributed by atoms with Crippen LogP contribution < -0.4 is 15.4 Å². The van der Waals surface area contributed by atoms with Crippen molar-refractivity contribution in [2.75, 3.05) is 32.5 Å². The highest BCUT2D eigenvalue weighted by Crippen LogP contribution is 2.21. The molecule has 124 valence electrons. The number of methoxy groups -OCH3 is 1. The van der Waals surface area contributed by atoms with Crippen molar-refractivity contribution in [2.45, 2.75) is 17.4 Å². The molecule has 0 aliphatic carbocycles. The van der Waals surface area contributed by atoms with Crippen LogP contribution in [0.1, 0.15) is 6.42 Å². The molecule has 1 fully saturated rings. The molecule has 2 unspecified atom stereocenters. The summed E-state index contributed by atoms with van der Waals surface area (Å²) in [5.74, 6) is 1.74. The van der Waals surface area contributed by atoms with E-state index in [-0.39, 0.29) is 30.3 Å². The number of aliphatic hydroxyl groups excluding tert-OH is 1. The monoisotopic (exact) mass is 346 g/mol. The quantitative estimate of drug-likeness (QED) is 0.649. The molecule has 3 N–H and O–H groups in total. The van der Waals surface area contributed by atoms with Gasteiger partial charge in [-0.2, -0.15) is 0 Å². The smallest absolute Gasteiger partial charge is 0.220 e. The molecule has 0 spiro atoms. The summed E-state index contributed by atoms with van der Waals surface area (Å²) >= 11 is 1.65. The Hall–Kier alpha value is -0.950. The van der Waals surface area contributed by atoms with Crippen LogP contribution in [0.3, 0.4) is 0 Å². The average molecular weight is 347 g/mol. The van der Waals surface area contributed by atoms with Crippen molar-refractivity contribution in [1.29, 1.82) is 0 Å². The molecule has 1 saturated heterocycles. The number of rotatable bonds is 7. The fourth-order valence-electron chi connectivity index (χ4n) is 2.19. The first-order chi connectivity index (χ1) is 10.2. The lowest BCUT2D eigenvalue weighted by atomic mass is 10.1. The van der Waals surface area contributed by atoms with Crippen LogP contribution in [0, 0.1) is 5.92 Å². The molecule has 7 heteroatoms. The zero-order chi connectivity index (χ0) is 15.1. The van der Waals surface area contributed by atoms with E-state index < -0.39 is 0 Å². The van der Waals surface area contributed by atoms with Gasteiger partial charge >= 0.3 is 0 Å². The van der Waals surface area contributed by atoms with Gasteiger partial charge in [-0.25, -0.2) is 0 Å². The van der Waals surface area contributed by atoms with E-state index in [1.807, 2.05) is 24.3 Å². The first-order valence-electron chi connectivity index (χ1n) is 7.11. The minimum Gasteiger partial charge on any atom is -0.497 e. The highest BCUT2D eigenvalue weighted by Gasteiger charge is 2.24. The summed E-state index contributed by atoms with van der Waals surface area (Å²) in [5, 5.41) is 15.6. The van der Waals surface area contributed by atoms with Gasteiger partial charge in [-0.05, 0) is 24.3 Å². The second-order valence-corrected chi connectivity index (χ2v) is 6.23. The largest absolute Gasteiger partial charge is 0.497 e. The fraction of sp³-hybridized carbons (Fsp3) is 0.533. The van der Waals surface area contributed by atoms with E-state index in [1.165, 1.54) is 0 Å². The van der Waals surface area contributed by atoms with E-state index >= 15 is 0 Å². The maximum atomic E-state index is 11.8. The Bertz CT molecular complexity index is 459. The average Bonchev–Trinajstić information content (AvgIpc) is 2.91. The first kappa shape index (κ1) is 19.1. The Balaban J connectivity index is 0.00000242. The van der Waals surface area contributed by atoms with Crippen LogP contribution >= 0.6 is 24.2 Å². The minimum atomic E-state index is -0.348. The highest BCUT2D eigenvalue weighted by atomic mass is 35.5. The van der Waals surface area contributed by atoms with Gasteiger partial charge in [0.15, 0.2) is 0 Å². The lowest BCUT2D eigenvalue weighted by Crippen LogP contribution is -2.34. The van der Waals surface area contributed by atoms with Crippen LogP contribution in [-0.4, -0.2) is 49.6 Å². The molecule has 22 heavy (non-hydrogen) atoms. The number of hydrogen-bond acceptors (Lipinski definition) is 5. The molecule has 1 heterocycles. The third-order valence-electron chi connectivity index (χ3n) is 3.52. The number of benzene rings is 1. The van der Waals surface area contributed by atoms with Gasteiger partial charge in [0.1, 0.15) is 5.75 Å². The number of hydrogen-bond donors (Lipinski definition) is 3. The van der Waals surface area contributed by atoms with Crippen LogP contribution in [0.15, 0.2) is 29.2 Å². The summed E-state index contributed by atoms with van der Waals surface area (Å²) in [4.78, 5) is 12.9. The lowest BCUT2D eigenvalue weighted by Gasteiger charge is -2.14. The van der Waals surface area contributed by atoms with Gasteiger partial charge in [0, 0.05) is 42.6 Å². The van der Waals surface area contributed by atoms with E-state index in [0.29, 0.717) is 19.5 Å². The molecular formula is C15H23ClN2O3S. The Morgan fingerprint density at radius 2 is 2.14 bits per heavy atom. The van der Waals surface area contributed by atoms with Gasteiger partial charge in [0.25, 0.3) is 0 Å². The number of nitrogens with one attached hydrogen (secondary N) is 2. The number of thioether (sulfide) groups is 1. The van der Waals surface area contributed by atoms with Crippen molar-refractivity contribution in [2.24, 2.45) is 5.92 Å². The third kappa shape index (κ3) is 6.04. The van der Waals surface area contributed by atoms with Crippen molar-refractivity contribution in [3.05, 3.63) is 24.3 Å². The van der Waals surface area contributed by atoms with Gasteiger partial charge < -0.3 is 20.5 Å². The predicted molar refractivity (Wildman–Crippen MR) is 91.0 cm³/mol. The number of β-amino-alcohol motifs (C(OH)–C–C–N with tert-alkyl or cyclic N) is 1. The second kappa shape index (κ2) is 9.94. The molecule has 2 atom stereocenters. The number of ether oxygens (including phenoxy) is 1. The SMILES string of the molecule is COc1ccc(SCCC(=O)NCC2CNCC2O)cc1.Cl. The predicted octanol–water partition coefficient (Wildman–Crippen LogP) is 1.30. The first-order valence-corrected chi connectivity index (χ1v) is 8.10. The summed E-state index contributed by atoms with van der Waals surface area (Å²) < 4.78 is 5.10. The number of amides is 1. The summed E-state index contributed by atoms with van der Waals surface area (Å²) in [6.07, 6.45) is 0.131. The van der Waals surface area contributed by atoms with Crippen LogP contribution in [0.2, 0.25) is 0 Å². The van der Waals surface area contributed by atoms with Gasteiger partial charge in [-0.3, -0.25) is 4.79 Å². The maximum Gasteiger partial charge on any atom is 0.220 e. The molecule has 1 aliphatic rings. The molecule has 0 radical (unpaired) electrons. The molecule has 0 bridgehead atoms. The molecule has 2 rings (SSSR count). The molecule has 5 nitrogen and oxygen atoms in total. The topological polar surface area (TPSA) is 70.6 Å². The Morgan fingerprint density at radius 1 is 1.41 bits per heavy atom. The van der Waals surface area contributed by atoms with Gasteiger partial charge in [0.2, 0.25) is 5.91 Å². The van der Waals surface area contributed by atoms with Crippen LogP contribution in [0.4, 0.5) is 0 Å². The molecule has 0 saturated carbocycles. The standard InChI is InChI=1S/C15H22N2O3S.ClH/c1-20-12-2-4-13(5-3-12)21-7-6-15(19)17-9-11-8-16-10-14(11)18;/h2-5,11,14,16,18H,6-10H2,1H3,(H,17,19);1H. The molecular weight excluding hydrogens is 324 g/mol. The number of aliphatic hydroxyl groups is 1. The molecule has 1 aromatic carbocycles. The maximum absolute atomic E-state index is 11.8. The lowest BCUT2D eigenvalue weighted by molar-refractivity contribution is -0.120. The van der Waals surface area contributed by atoms with Crippen molar-refractivity contribution >= 4 is 30.1 Å². The Morgan fingerprint density at radius 3 is 2.73 bits per heavy atom. The Kier molecular flexibility index (Phi) is 8.63. The van der Waals surface area contributed by atoms with E-state index in [2.05, 4.69) is 10.6 Å². The number of carbonyl (C=O) groups excluding carboxylic acids is 1. The molecule has 1 aromatic rings. The summed E-state index contributed by atoms with van der Waals surface area (Å²) in [5.41, 5.74) is 0. The third-order valence-corrected chi connectivity index (χ3v) is 4.54. The Labute approximate surface area is 141 Å². The van der Waals surface area contributed by atoms with Crippen LogP contribution in [0.25, 0.3) is 0 Å². The summed E-state index contributed by atoms with van der Waals surface area (Å²) in [6.45, 7) is 1.93. The van der Waals surface area contributed by atoms with Crippen LogP contribution in [0.5, 0.6) is 5.75 Å². The second-order valence-electron chi connectivity index (χ2n) is 5.06. The van der Waals surface area contributed by atoms with E-state index in [0.717, 1.165) is 22.9 Å². The summed E-state index contributed by atoms with van der Waals surface area (Å²) in [7, 11) is 1.64. The van der Waals surface area contributed by atoms with E-state index in [4.69, 9.17) is 4.74 Å². The molecule has 0 aromatic heterocycles. The minimum absolute atomic E-state index is 0. The van der Waals surface area contributed by atoms with E-state index in [9.17, 15) is 9.90 Å². The van der Waals surface area contributed by atoms with Crippen LogP contribution in [-0.2, 0) is 4.79 Å². The van der Waals surface area contributed by atoms with Crippen molar-refractivity contribution in [3.63, 3.8) is 0 Å². The molecule has 1 aliphatic heterocycles. The van der Waals surface area contributed by atoms with Crippen molar-refractivity contribution < 1.29 is 14.6 Å². The van der Waals surface area contributed by atoms with E-state index in [1.54, 1.807) is 18.9 Å². The van der Waals surface area contributed by atoms with Gasteiger partial charge in [-0.15, -0.1) is 24.2 Å². The van der Waals surface area contributed by atoms with Gasteiger partial charge in [0.05, 0.1) is 13.2 Å². The number of halogens is 1. The highest BCUT2D eigenvalue weighted by molar-refractivity contribution is 7.99. The van der Waals surface area contributed by atoms with Gasteiger partial charge in [-0.1, -0.05) is 0 Å². The zero-order valence-electron chi connectivity index (χ0n) is 12.6. The summed E-state index contributed by atoms with van der Waals surface area (Å²) in [6, 6.07) is 7.80. The number of carbonyl (C=O) groups is 1. The zero-order valence-corrected chi connectivity index (χ0v) is 14.2. The normalized spacial score (nSPS) is 20.3. The molecule has 1 amide bonds.